The second kappa shape index (κ2) is 4.09. The van der Waals surface area contributed by atoms with Gasteiger partial charge in [-0.3, -0.25) is 9.78 Å². The number of aliphatic imine (C=N–C) groups is 1. The summed E-state index contributed by atoms with van der Waals surface area (Å²) in [4.78, 5) is 27.5. The number of isocyanates is 1. The number of aromatic nitrogens is 1. The zero-order valence-electron chi connectivity index (χ0n) is 6.73. The lowest BCUT2D eigenvalue weighted by Gasteiger charge is -1.96. The van der Waals surface area contributed by atoms with Gasteiger partial charge in [0.1, 0.15) is 0 Å². The normalized spacial score (nSPS) is 8.62. The quantitative estimate of drug-likeness (QED) is 0.381. The van der Waals surface area contributed by atoms with Crippen molar-refractivity contribution in [1.82, 2.24) is 4.98 Å². The molecule has 1 amide bonds. The van der Waals surface area contributed by atoms with Crippen molar-refractivity contribution in [2.75, 3.05) is 0 Å². The molecule has 0 radical (unpaired) electrons. The van der Waals surface area contributed by atoms with E-state index in [1.807, 2.05) is 0 Å². The highest BCUT2D eigenvalue weighted by atomic mass is 16.2. The number of carbonyl (C=O) groups excluding carboxylic acids is 2. The number of pyridine rings is 1. The molecule has 1 aromatic rings. The van der Waals surface area contributed by atoms with Gasteiger partial charge in [0.15, 0.2) is 0 Å². The Kier molecular flexibility index (Phi) is 2.84. The summed E-state index contributed by atoms with van der Waals surface area (Å²) in [5.74, 6) is -0.714. The molecule has 0 aliphatic heterocycles. The standard InChI is InChI=1S/C9H6N2O2/c1-7(9(13)11-6-12)8-4-2-3-5-10-8/h2-5H,1H2. The Bertz CT molecular complexity index is 378. The average Bonchev–Trinajstić information content (AvgIpc) is 2.18. The van der Waals surface area contributed by atoms with Crippen LogP contribution < -0.4 is 0 Å². The van der Waals surface area contributed by atoms with Crippen molar-refractivity contribution in [3.63, 3.8) is 0 Å². The van der Waals surface area contributed by atoms with Gasteiger partial charge in [0.25, 0.3) is 5.91 Å². The smallest absolute Gasteiger partial charge is 0.266 e. The van der Waals surface area contributed by atoms with Gasteiger partial charge in [-0.1, -0.05) is 12.6 Å². The van der Waals surface area contributed by atoms with Gasteiger partial charge in [-0.25, -0.2) is 4.79 Å². The average molecular weight is 174 g/mol. The van der Waals surface area contributed by atoms with E-state index in [-0.39, 0.29) is 5.57 Å². The fraction of sp³-hybridized carbons (Fsp3) is 0. The van der Waals surface area contributed by atoms with Crippen molar-refractivity contribution in [2.24, 2.45) is 4.99 Å². The maximum absolute atomic E-state index is 11.0. The molecule has 4 heteroatoms. The minimum atomic E-state index is -0.714. The van der Waals surface area contributed by atoms with Crippen LogP contribution in [0.5, 0.6) is 0 Å². The van der Waals surface area contributed by atoms with Crippen molar-refractivity contribution in [2.45, 2.75) is 0 Å². The van der Waals surface area contributed by atoms with Crippen LogP contribution in [0.25, 0.3) is 5.57 Å². The molecule has 0 saturated carbocycles. The minimum Gasteiger partial charge on any atom is -0.266 e. The van der Waals surface area contributed by atoms with Crippen LogP contribution >= 0.6 is 0 Å². The maximum atomic E-state index is 11.0. The highest BCUT2D eigenvalue weighted by molar-refractivity contribution is 6.19. The van der Waals surface area contributed by atoms with E-state index in [4.69, 9.17) is 0 Å². The summed E-state index contributed by atoms with van der Waals surface area (Å²) in [6, 6.07) is 5.04. The van der Waals surface area contributed by atoms with Gasteiger partial charge in [-0.2, -0.15) is 0 Å². The Morgan fingerprint density at radius 3 is 2.85 bits per heavy atom. The lowest BCUT2D eigenvalue weighted by atomic mass is 10.2. The van der Waals surface area contributed by atoms with Gasteiger partial charge >= 0.3 is 0 Å². The summed E-state index contributed by atoms with van der Waals surface area (Å²) in [5.41, 5.74) is 0.496. The first-order valence-corrected chi connectivity index (χ1v) is 3.48. The van der Waals surface area contributed by atoms with E-state index in [0.717, 1.165) is 6.08 Å². The Labute approximate surface area is 74.6 Å². The first-order chi connectivity index (χ1) is 6.25. The fourth-order valence-corrected chi connectivity index (χ4v) is 0.760. The Morgan fingerprint density at radius 1 is 1.54 bits per heavy atom. The highest BCUT2D eigenvalue weighted by Gasteiger charge is 2.08. The second-order valence-corrected chi connectivity index (χ2v) is 2.20. The SMILES string of the molecule is C=C(C(=O)N=C=O)c1ccccn1. The second-order valence-electron chi connectivity index (χ2n) is 2.20. The van der Waals surface area contributed by atoms with Crippen molar-refractivity contribution >= 4 is 17.6 Å². The van der Waals surface area contributed by atoms with Crippen LogP contribution in [0.2, 0.25) is 0 Å². The Balaban J connectivity index is 2.92. The molecule has 0 spiro atoms. The molecule has 13 heavy (non-hydrogen) atoms. The molecule has 0 fully saturated rings. The molecule has 0 aliphatic rings. The minimum absolute atomic E-state index is 0.0870. The molecule has 0 aromatic carbocycles. The van der Waals surface area contributed by atoms with Gasteiger partial charge in [0.2, 0.25) is 6.08 Å². The molecular formula is C9H6N2O2. The number of carbonyl (C=O) groups is 1. The predicted octanol–water partition coefficient (Wildman–Crippen LogP) is 0.957. The Hall–Kier alpha value is -2.06. The topological polar surface area (TPSA) is 59.4 Å². The van der Waals surface area contributed by atoms with Gasteiger partial charge in [0, 0.05) is 6.20 Å². The van der Waals surface area contributed by atoms with E-state index >= 15 is 0 Å². The molecule has 0 N–H and O–H groups in total. The zero-order chi connectivity index (χ0) is 9.68. The molecule has 0 saturated heterocycles. The third-order valence-electron chi connectivity index (χ3n) is 1.38. The molecule has 1 heterocycles. The van der Waals surface area contributed by atoms with E-state index < -0.39 is 5.91 Å². The largest absolute Gasteiger partial charge is 0.289 e. The molecular weight excluding hydrogens is 168 g/mol. The summed E-state index contributed by atoms with van der Waals surface area (Å²) >= 11 is 0. The number of hydrogen-bond donors (Lipinski definition) is 0. The van der Waals surface area contributed by atoms with Crippen LogP contribution in [-0.4, -0.2) is 17.0 Å². The van der Waals surface area contributed by atoms with Crippen LogP contribution in [0, 0.1) is 0 Å². The lowest BCUT2D eigenvalue weighted by molar-refractivity contribution is -0.112. The molecule has 4 nitrogen and oxygen atoms in total. The predicted molar refractivity (Wildman–Crippen MR) is 46.4 cm³/mol. The maximum Gasteiger partial charge on any atom is 0.289 e. The van der Waals surface area contributed by atoms with Crippen LogP contribution in [0.15, 0.2) is 36.0 Å². The molecule has 1 rings (SSSR count). The van der Waals surface area contributed by atoms with E-state index in [0.29, 0.717) is 5.69 Å². The molecule has 0 bridgehead atoms. The number of amides is 1. The van der Waals surface area contributed by atoms with Crippen LogP contribution in [0.1, 0.15) is 5.69 Å². The molecule has 64 valence electrons. The van der Waals surface area contributed by atoms with E-state index in [9.17, 15) is 9.59 Å². The van der Waals surface area contributed by atoms with Crippen molar-refractivity contribution in [1.29, 1.82) is 0 Å². The zero-order valence-corrected chi connectivity index (χ0v) is 6.73. The van der Waals surface area contributed by atoms with Crippen LogP contribution in [0.4, 0.5) is 0 Å². The third kappa shape index (κ3) is 2.18. The summed E-state index contributed by atoms with van der Waals surface area (Å²) in [7, 11) is 0. The molecule has 0 unspecified atom stereocenters. The van der Waals surface area contributed by atoms with Gasteiger partial charge in [0.05, 0.1) is 11.3 Å². The van der Waals surface area contributed by atoms with E-state index in [1.54, 1.807) is 18.2 Å². The van der Waals surface area contributed by atoms with Crippen LogP contribution in [0.3, 0.4) is 0 Å². The van der Waals surface area contributed by atoms with Gasteiger partial charge in [-0.05, 0) is 12.1 Å². The van der Waals surface area contributed by atoms with Crippen molar-refractivity contribution in [3.05, 3.63) is 36.7 Å². The first kappa shape index (κ1) is 9.03. The fourth-order valence-electron chi connectivity index (χ4n) is 0.760. The molecule has 0 atom stereocenters. The monoisotopic (exact) mass is 174 g/mol. The van der Waals surface area contributed by atoms with Gasteiger partial charge < -0.3 is 0 Å². The third-order valence-corrected chi connectivity index (χ3v) is 1.38. The number of hydrogen-bond acceptors (Lipinski definition) is 3. The molecule has 0 aliphatic carbocycles. The van der Waals surface area contributed by atoms with Crippen molar-refractivity contribution in [3.8, 4) is 0 Å². The number of rotatable bonds is 2. The first-order valence-electron chi connectivity index (χ1n) is 3.48. The molecule has 1 aromatic heterocycles. The van der Waals surface area contributed by atoms with Gasteiger partial charge in [-0.15, -0.1) is 4.99 Å². The summed E-state index contributed by atoms with van der Waals surface area (Å²) in [6.07, 6.45) is 2.68. The lowest BCUT2D eigenvalue weighted by Crippen LogP contribution is -1.97. The summed E-state index contributed by atoms with van der Waals surface area (Å²) < 4.78 is 0. The number of nitrogens with zero attached hydrogens (tertiary/aromatic N) is 2. The Morgan fingerprint density at radius 2 is 2.31 bits per heavy atom. The summed E-state index contributed by atoms with van der Waals surface area (Å²) in [5, 5.41) is 0. The van der Waals surface area contributed by atoms with Crippen molar-refractivity contribution < 1.29 is 9.59 Å². The van der Waals surface area contributed by atoms with E-state index in [1.165, 1.54) is 6.20 Å². The van der Waals surface area contributed by atoms with E-state index in [2.05, 4.69) is 16.6 Å². The highest BCUT2D eigenvalue weighted by Crippen LogP contribution is 2.09. The summed E-state index contributed by atoms with van der Waals surface area (Å²) in [6.45, 7) is 3.46. The van der Waals surface area contributed by atoms with Crippen LogP contribution in [-0.2, 0) is 9.59 Å².